The number of aryl methyl sites for hydroxylation is 1. The molecule has 0 aliphatic carbocycles. The van der Waals surface area contributed by atoms with Gasteiger partial charge in [0.1, 0.15) is 17.1 Å². The summed E-state index contributed by atoms with van der Waals surface area (Å²) in [6.45, 7) is 1.89. The predicted molar refractivity (Wildman–Crippen MR) is 79.6 cm³/mol. The highest BCUT2D eigenvalue weighted by Crippen LogP contribution is 2.11. The number of esters is 1. The van der Waals surface area contributed by atoms with Crippen molar-refractivity contribution in [3.63, 3.8) is 0 Å². The minimum absolute atomic E-state index is 0.0175. The molecule has 0 amide bonds. The number of thiophene rings is 1. The Labute approximate surface area is 124 Å². The normalized spacial score (nSPS) is 10.7. The number of nitrogens with zero attached hydrogens (tertiary/aromatic N) is 2. The lowest BCUT2D eigenvalue weighted by Gasteiger charge is -2.05. The van der Waals surface area contributed by atoms with Gasteiger partial charge in [-0.05, 0) is 30.0 Å². The third-order valence-corrected chi connectivity index (χ3v) is 3.78. The molecule has 6 heteroatoms. The second-order valence-corrected chi connectivity index (χ2v) is 5.52. The number of aromatic nitrogens is 2. The van der Waals surface area contributed by atoms with Crippen molar-refractivity contribution in [2.75, 3.05) is 0 Å². The lowest BCUT2D eigenvalue weighted by Crippen LogP contribution is -2.16. The maximum Gasteiger partial charge on any atom is 0.348 e. The van der Waals surface area contributed by atoms with Gasteiger partial charge in [0.25, 0.3) is 5.56 Å². The Kier molecular flexibility index (Phi) is 3.53. The summed E-state index contributed by atoms with van der Waals surface area (Å²) in [5, 5.41) is 1.81. The highest BCUT2D eigenvalue weighted by atomic mass is 32.1. The van der Waals surface area contributed by atoms with Crippen LogP contribution in [0.15, 0.2) is 46.7 Å². The number of pyridine rings is 1. The molecule has 106 valence electrons. The van der Waals surface area contributed by atoms with E-state index in [1.165, 1.54) is 21.8 Å². The Balaban J connectivity index is 1.83. The molecule has 0 spiro atoms. The highest BCUT2D eigenvalue weighted by molar-refractivity contribution is 7.11. The smallest absolute Gasteiger partial charge is 0.348 e. The van der Waals surface area contributed by atoms with Crippen molar-refractivity contribution in [1.29, 1.82) is 0 Å². The molecule has 21 heavy (non-hydrogen) atoms. The van der Waals surface area contributed by atoms with E-state index in [-0.39, 0.29) is 12.2 Å². The topological polar surface area (TPSA) is 60.7 Å². The molecule has 0 aliphatic rings. The van der Waals surface area contributed by atoms with Gasteiger partial charge in [-0.3, -0.25) is 9.20 Å². The number of hydrogen-bond acceptors (Lipinski definition) is 5. The zero-order valence-corrected chi connectivity index (χ0v) is 12.1. The monoisotopic (exact) mass is 300 g/mol. The number of ether oxygens (including phenoxy) is 1. The first-order valence-electron chi connectivity index (χ1n) is 6.33. The Morgan fingerprint density at radius 3 is 3.00 bits per heavy atom. The van der Waals surface area contributed by atoms with Crippen molar-refractivity contribution in [3.8, 4) is 0 Å². The van der Waals surface area contributed by atoms with Gasteiger partial charge in [-0.2, -0.15) is 0 Å². The molecule has 0 saturated heterocycles. The molecule has 0 saturated carbocycles. The van der Waals surface area contributed by atoms with E-state index < -0.39 is 5.97 Å². The molecular weight excluding hydrogens is 288 g/mol. The van der Waals surface area contributed by atoms with Gasteiger partial charge in [0, 0.05) is 12.3 Å². The SMILES string of the molecule is Cc1ccc2nc(COC(=O)c3cccs3)cc(=O)n2c1. The molecule has 0 unspecified atom stereocenters. The van der Waals surface area contributed by atoms with Gasteiger partial charge >= 0.3 is 5.97 Å². The number of fused-ring (bicyclic) bond motifs is 1. The van der Waals surface area contributed by atoms with Gasteiger partial charge in [-0.15, -0.1) is 11.3 Å². The summed E-state index contributed by atoms with van der Waals surface area (Å²) in [7, 11) is 0. The van der Waals surface area contributed by atoms with Crippen LogP contribution >= 0.6 is 11.3 Å². The van der Waals surface area contributed by atoms with Crippen LogP contribution in [-0.4, -0.2) is 15.4 Å². The number of carbonyl (C=O) groups is 1. The van der Waals surface area contributed by atoms with Crippen LogP contribution in [0.25, 0.3) is 5.65 Å². The van der Waals surface area contributed by atoms with Crippen LogP contribution in [0, 0.1) is 6.92 Å². The van der Waals surface area contributed by atoms with E-state index in [4.69, 9.17) is 4.74 Å². The Morgan fingerprint density at radius 2 is 2.24 bits per heavy atom. The third-order valence-electron chi connectivity index (χ3n) is 2.93. The van der Waals surface area contributed by atoms with Crippen molar-refractivity contribution >= 4 is 23.0 Å². The van der Waals surface area contributed by atoms with Crippen molar-refractivity contribution < 1.29 is 9.53 Å². The Hall–Kier alpha value is -2.47. The van der Waals surface area contributed by atoms with Crippen LogP contribution in [0.2, 0.25) is 0 Å². The first-order chi connectivity index (χ1) is 10.1. The van der Waals surface area contributed by atoms with E-state index in [1.807, 2.05) is 13.0 Å². The van der Waals surface area contributed by atoms with E-state index in [2.05, 4.69) is 4.98 Å². The highest BCUT2D eigenvalue weighted by Gasteiger charge is 2.09. The molecular formula is C15H12N2O3S. The van der Waals surface area contributed by atoms with Crippen LogP contribution in [0.3, 0.4) is 0 Å². The van der Waals surface area contributed by atoms with Crippen molar-refractivity contribution in [3.05, 3.63) is 68.4 Å². The van der Waals surface area contributed by atoms with E-state index in [9.17, 15) is 9.59 Å². The fraction of sp³-hybridized carbons (Fsp3) is 0.133. The average Bonchev–Trinajstić information content (AvgIpc) is 3.00. The summed E-state index contributed by atoms with van der Waals surface area (Å²) in [6.07, 6.45) is 1.73. The molecule has 3 aromatic heterocycles. The van der Waals surface area contributed by atoms with E-state index >= 15 is 0 Å². The van der Waals surface area contributed by atoms with Gasteiger partial charge in [0.2, 0.25) is 0 Å². The number of carbonyl (C=O) groups excluding carboxylic acids is 1. The maximum absolute atomic E-state index is 12.0. The van der Waals surface area contributed by atoms with Gasteiger partial charge in [-0.1, -0.05) is 12.1 Å². The van der Waals surface area contributed by atoms with Gasteiger partial charge < -0.3 is 4.74 Å². The van der Waals surface area contributed by atoms with Gasteiger partial charge in [0.05, 0.1) is 5.69 Å². The van der Waals surface area contributed by atoms with Crippen LogP contribution < -0.4 is 5.56 Å². The molecule has 0 atom stereocenters. The quantitative estimate of drug-likeness (QED) is 0.697. The molecule has 0 fully saturated rings. The first kappa shape index (κ1) is 13.5. The lowest BCUT2D eigenvalue weighted by atomic mass is 10.3. The number of hydrogen-bond donors (Lipinski definition) is 0. The summed E-state index contributed by atoms with van der Waals surface area (Å²) in [4.78, 5) is 28.6. The fourth-order valence-corrected chi connectivity index (χ4v) is 2.55. The first-order valence-corrected chi connectivity index (χ1v) is 7.21. The molecule has 0 aliphatic heterocycles. The van der Waals surface area contributed by atoms with Crippen LogP contribution in [0.1, 0.15) is 20.9 Å². The molecule has 0 aromatic carbocycles. The molecule has 0 bridgehead atoms. The molecule has 5 nitrogen and oxygen atoms in total. The second kappa shape index (κ2) is 5.49. The standard InChI is InChI=1S/C15H12N2O3S/c1-10-4-5-13-16-11(7-14(18)17(13)8-10)9-20-15(19)12-3-2-6-21-12/h2-8H,9H2,1H3. The molecule has 3 heterocycles. The lowest BCUT2D eigenvalue weighted by molar-refractivity contribution is 0.0473. The molecule has 0 radical (unpaired) electrons. The minimum atomic E-state index is -0.407. The molecule has 3 aromatic rings. The molecule has 0 N–H and O–H groups in total. The van der Waals surface area contributed by atoms with Crippen molar-refractivity contribution in [2.45, 2.75) is 13.5 Å². The average molecular weight is 300 g/mol. The summed E-state index contributed by atoms with van der Waals surface area (Å²) in [6, 6.07) is 8.50. The van der Waals surface area contributed by atoms with Gasteiger partial charge in [-0.25, -0.2) is 9.78 Å². The maximum atomic E-state index is 12.0. The summed E-state index contributed by atoms with van der Waals surface area (Å²) < 4.78 is 6.63. The number of rotatable bonds is 3. The van der Waals surface area contributed by atoms with Crippen LogP contribution in [0.5, 0.6) is 0 Å². The van der Waals surface area contributed by atoms with Crippen molar-refractivity contribution in [2.24, 2.45) is 0 Å². The third kappa shape index (κ3) is 2.85. The van der Waals surface area contributed by atoms with Crippen molar-refractivity contribution in [1.82, 2.24) is 9.38 Å². The van der Waals surface area contributed by atoms with E-state index in [0.717, 1.165) is 5.56 Å². The van der Waals surface area contributed by atoms with Crippen LogP contribution in [-0.2, 0) is 11.3 Å². The second-order valence-electron chi connectivity index (χ2n) is 4.57. The largest absolute Gasteiger partial charge is 0.455 e. The zero-order chi connectivity index (χ0) is 14.8. The van der Waals surface area contributed by atoms with Crippen LogP contribution in [0.4, 0.5) is 0 Å². The molecule has 3 rings (SSSR count). The van der Waals surface area contributed by atoms with Gasteiger partial charge in [0.15, 0.2) is 0 Å². The van der Waals surface area contributed by atoms with E-state index in [1.54, 1.807) is 29.8 Å². The zero-order valence-electron chi connectivity index (χ0n) is 11.3. The predicted octanol–water partition coefficient (Wildman–Crippen LogP) is 2.42. The minimum Gasteiger partial charge on any atom is -0.455 e. The Morgan fingerprint density at radius 1 is 1.38 bits per heavy atom. The summed E-state index contributed by atoms with van der Waals surface area (Å²) >= 11 is 1.31. The van der Waals surface area contributed by atoms with E-state index in [0.29, 0.717) is 16.2 Å². The Bertz CT molecular complexity index is 853. The summed E-state index contributed by atoms with van der Waals surface area (Å²) in [5.74, 6) is -0.407. The fourth-order valence-electron chi connectivity index (χ4n) is 1.94. The summed E-state index contributed by atoms with van der Waals surface area (Å²) in [5.41, 5.74) is 1.76.